The van der Waals surface area contributed by atoms with Crippen LogP contribution in [0.4, 0.5) is 5.82 Å². The fraction of sp³-hybridized carbons (Fsp3) is 0.636. The molecule has 8 nitrogen and oxygen atoms in total. The van der Waals surface area contributed by atoms with Gasteiger partial charge in [0.2, 0.25) is 5.69 Å². The van der Waals surface area contributed by atoms with Crippen molar-refractivity contribution in [3.05, 3.63) is 5.69 Å². The Balaban J connectivity index is 2.65. The van der Waals surface area contributed by atoms with E-state index < -0.39 is 11.9 Å². The number of ether oxygens (including phenoxy) is 2. The molecule has 1 rings (SSSR count). The van der Waals surface area contributed by atoms with E-state index in [0.717, 1.165) is 4.68 Å². The van der Waals surface area contributed by atoms with Gasteiger partial charge in [-0.2, -0.15) is 0 Å². The molecule has 0 aliphatic heterocycles. The van der Waals surface area contributed by atoms with Crippen molar-refractivity contribution in [1.82, 2.24) is 15.0 Å². The maximum absolute atomic E-state index is 11.5. The normalized spacial score (nSPS) is 10.5. The van der Waals surface area contributed by atoms with Gasteiger partial charge in [-0.3, -0.25) is 4.79 Å². The Hall–Kier alpha value is -2.12. The third-order valence-electron chi connectivity index (χ3n) is 2.10. The Kier molecular flexibility index (Phi) is 5.28. The standard InChI is InChI=1S/C11H18N4O4/c1-4-18-11(17)9-10(12)15(14-13-9)5-8(16)19-6-7(2)3/h7H,4-6,12H2,1-3H3. The largest absolute Gasteiger partial charge is 0.464 e. The summed E-state index contributed by atoms with van der Waals surface area (Å²) in [5.74, 6) is -0.922. The number of nitrogens with two attached hydrogens (primary N) is 1. The van der Waals surface area contributed by atoms with Crippen molar-refractivity contribution in [2.75, 3.05) is 18.9 Å². The molecule has 0 aromatic carbocycles. The molecular formula is C11H18N4O4. The van der Waals surface area contributed by atoms with Crippen molar-refractivity contribution in [2.24, 2.45) is 5.92 Å². The van der Waals surface area contributed by atoms with Gasteiger partial charge in [0.25, 0.3) is 0 Å². The van der Waals surface area contributed by atoms with E-state index >= 15 is 0 Å². The van der Waals surface area contributed by atoms with Crippen molar-refractivity contribution in [3.8, 4) is 0 Å². The number of anilines is 1. The molecule has 1 heterocycles. The van der Waals surface area contributed by atoms with E-state index in [-0.39, 0.29) is 30.6 Å². The van der Waals surface area contributed by atoms with E-state index in [2.05, 4.69) is 10.3 Å². The number of hydrogen-bond acceptors (Lipinski definition) is 7. The number of nitrogen functional groups attached to an aromatic ring is 1. The number of hydrogen-bond donors (Lipinski definition) is 1. The highest BCUT2D eigenvalue weighted by molar-refractivity contribution is 5.92. The van der Waals surface area contributed by atoms with Crippen LogP contribution in [-0.2, 0) is 20.8 Å². The molecule has 0 unspecified atom stereocenters. The van der Waals surface area contributed by atoms with Crippen molar-refractivity contribution in [3.63, 3.8) is 0 Å². The zero-order valence-electron chi connectivity index (χ0n) is 11.3. The first-order valence-corrected chi connectivity index (χ1v) is 5.97. The van der Waals surface area contributed by atoms with Crippen LogP contribution in [0, 0.1) is 5.92 Å². The summed E-state index contributed by atoms with van der Waals surface area (Å²) < 4.78 is 10.8. The van der Waals surface area contributed by atoms with Gasteiger partial charge >= 0.3 is 11.9 Å². The quantitative estimate of drug-likeness (QED) is 0.737. The first-order valence-electron chi connectivity index (χ1n) is 5.97. The second-order valence-corrected chi connectivity index (χ2v) is 4.28. The molecule has 0 fully saturated rings. The second kappa shape index (κ2) is 6.72. The van der Waals surface area contributed by atoms with Gasteiger partial charge in [0, 0.05) is 0 Å². The lowest BCUT2D eigenvalue weighted by molar-refractivity contribution is -0.145. The highest BCUT2D eigenvalue weighted by Gasteiger charge is 2.20. The maximum atomic E-state index is 11.5. The van der Waals surface area contributed by atoms with Crippen LogP contribution in [0.2, 0.25) is 0 Å². The summed E-state index contributed by atoms with van der Waals surface area (Å²) in [4.78, 5) is 22.9. The number of esters is 2. The third-order valence-corrected chi connectivity index (χ3v) is 2.10. The molecule has 0 amide bonds. The molecule has 0 bridgehead atoms. The molecular weight excluding hydrogens is 252 g/mol. The van der Waals surface area contributed by atoms with Crippen molar-refractivity contribution >= 4 is 17.8 Å². The van der Waals surface area contributed by atoms with Crippen molar-refractivity contribution in [1.29, 1.82) is 0 Å². The van der Waals surface area contributed by atoms with E-state index in [4.69, 9.17) is 15.2 Å². The van der Waals surface area contributed by atoms with E-state index in [0.29, 0.717) is 6.61 Å². The van der Waals surface area contributed by atoms with Gasteiger partial charge in [-0.05, 0) is 12.8 Å². The Labute approximate surface area is 110 Å². The number of nitrogens with zero attached hydrogens (tertiary/aromatic N) is 3. The topological polar surface area (TPSA) is 109 Å². The van der Waals surface area contributed by atoms with E-state index in [9.17, 15) is 9.59 Å². The van der Waals surface area contributed by atoms with Crippen molar-refractivity contribution < 1.29 is 19.1 Å². The summed E-state index contributed by atoms with van der Waals surface area (Å²) in [5.41, 5.74) is 5.57. The summed E-state index contributed by atoms with van der Waals surface area (Å²) >= 11 is 0. The first-order chi connectivity index (χ1) is 8.95. The van der Waals surface area contributed by atoms with Crippen LogP contribution >= 0.6 is 0 Å². The molecule has 0 aliphatic carbocycles. The molecule has 1 aromatic rings. The number of carbonyl (C=O) groups is 2. The molecule has 0 saturated heterocycles. The van der Waals surface area contributed by atoms with Crippen LogP contribution in [0.1, 0.15) is 31.3 Å². The monoisotopic (exact) mass is 270 g/mol. The fourth-order valence-corrected chi connectivity index (χ4v) is 1.21. The van der Waals surface area contributed by atoms with Crippen LogP contribution < -0.4 is 5.73 Å². The van der Waals surface area contributed by atoms with Crippen LogP contribution in [-0.4, -0.2) is 40.1 Å². The maximum Gasteiger partial charge on any atom is 0.362 e. The zero-order chi connectivity index (χ0) is 14.4. The van der Waals surface area contributed by atoms with E-state index in [1.807, 2.05) is 13.8 Å². The van der Waals surface area contributed by atoms with Gasteiger partial charge in [0.1, 0.15) is 6.54 Å². The first kappa shape index (κ1) is 14.9. The zero-order valence-corrected chi connectivity index (χ0v) is 11.3. The van der Waals surface area contributed by atoms with Gasteiger partial charge in [-0.15, -0.1) is 5.10 Å². The smallest absolute Gasteiger partial charge is 0.362 e. The number of carbonyl (C=O) groups excluding carboxylic acids is 2. The lowest BCUT2D eigenvalue weighted by Gasteiger charge is -2.07. The fourth-order valence-electron chi connectivity index (χ4n) is 1.21. The molecule has 106 valence electrons. The van der Waals surface area contributed by atoms with Gasteiger partial charge in [0.05, 0.1) is 13.2 Å². The minimum Gasteiger partial charge on any atom is -0.464 e. The molecule has 1 aromatic heterocycles. The van der Waals surface area contributed by atoms with Crippen LogP contribution in [0.15, 0.2) is 0 Å². The summed E-state index contributed by atoms with van der Waals surface area (Å²) in [5, 5.41) is 7.21. The van der Waals surface area contributed by atoms with Crippen LogP contribution in [0.3, 0.4) is 0 Å². The minimum absolute atomic E-state index is 0.0139. The minimum atomic E-state index is -0.665. The predicted octanol–water partition coefficient (Wildman–Crippen LogP) is 0.236. The Morgan fingerprint density at radius 3 is 2.63 bits per heavy atom. The van der Waals surface area contributed by atoms with Crippen LogP contribution in [0.5, 0.6) is 0 Å². The molecule has 0 spiro atoms. The van der Waals surface area contributed by atoms with Gasteiger partial charge in [-0.1, -0.05) is 19.1 Å². The molecule has 19 heavy (non-hydrogen) atoms. The van der Waals surface area contributed by atoms with Crippen LogP contribution in [0.25, 0.3) is 0 Å². The third kappa shape index (κ3) is 4.23. The number of aromatic nitrogens is 3. The molecule has 0 saturated carbocycles. The Morgan fingerprint density at radius 1 is 1.37 bits per heavy atom. The Bertz CT molecular complexity index is 456. The summed E-state index contributed by atoms with van der Waals surface area (Å²) in [7, 11) is 0. The SMILES string of the molecule is CCOC(=O)c1nnn(CC(=O)OCC(C)C)c1N. The molecule has 0 atom stereocenters. The van der Waals surface area contributed by atoms with Gasteiger partial charge in [-0.25, -0.2) is 9.48 Å². The molecule has 8 heteroatoms. The average molecular weight is 270 g/mol. The highest BCUT2D eigenvalue weighted by atomic mass is 16.5. The molecule has 2 N–H and O–H groups in total. The summed E-state index contributed by atoms with van der Waals surface area (Å²) in [6.45, 7) is 5.86. The second-order valence-electron chi connectivity index (χ2n) is 4.28. The highest BCUT2D eigenvalue weighted by Crippen LogP contribution is 2.09. The average Bonchev–Trinajstić information content (AvgIpc) is 2.69. The predicted molar refractivity (Wildman–Crippen MR) is 66.2 cm³/mol. The van der Waals surface area contributed by atoms with E-state index in [1.54, 1.807) is 6.92 Å². The van der Waals surface area contributed by atoms with Crippen molar-refractivity contribution in [2.45, 2.75) is 27.3 Å². The Morgan fingerprint density at radius 2 is 2.05 bits per heavy atom. The number of rotatable bonds is 6. The molecule has 0 radical (unpaired) electrons. The summed E-state index contributed by atoms with van der Waals surface area (Å²) in [6.07, 6.45) is 0. The molecule has 0 aliphatic rings. The van der Waals surface area contributed by atoms with Gasteiger partial charge < -0.3 is 15.2 Å². The summed E-state index contributed by atoms with van der Waals surface area (Å²) in [6, 6.07) is 0. The van der Waals surface area contributed by atoms with E-state index in [1.165, 1.54) is 0 Å². The lowest BCUT2D eigenvalue weighted by atomic mass is 10.2. The van der Waals surface area contributed by atoms with Gasteiger partial charge in [0.15, 0.2) is 5.82 Å². The lowest BCUT2D eigenvalue weighted by Crippen LogP contribution is -2.18.